The molecule has 2 saturated heterocycles. The van der Waals surface area contributed by atoms with Gasteiger partial charge in [-0.3, -0.25) is 19.2 Å². The number of carbonyl (C=O) groups is 4. The van der Waals surface area contributed by atoms with Gasteiger partial charge in [0.25, 0.3) is 0 Å². The summed E-state index contributed by atoms with van der Waals surface area (Å²) >= 11 is 0. The molecule has 2 rings (SSSR count). The van der Waals surface area contributed by atoms with Gasteiger partial charge in [-0.25, -0.2) is 0 Å². The third kappa shape index (κ3) is 3.79. The Kier molecular flexibility index (Phi) is 5.54. The van der Waals surface area contributed by atoms with Crippen LogP contribution in [-0.2, 0) is 19.2 Å². The fourth-order valence-electron chi connectivity index (χ4n) is 3.21. The lowest BCUT2D eigenvalue weighted by atomic mass is 10.1. The van der Waals surface area contributed by atoms with Crippen LogP contribution in [0.15, 0.2) is 0 Å². The Bertz CT molecular complexity index is 509. The van der Waals surface area contributed by atoms with Gasteiger partial charge in [0.1, 0.15) is 18.6 Å². The molecule has 0 aliphatic carbocycles. The average Bonchev–Trinajstić information content (AvgIpc) is 3.19. The second-order valence-corrected chi connectivity index (χ2v) is 5.75. The van der Waals surface area contributed by atoms with Crippen molar-refractivity contribution in [2.45, 2.75) is 37.8 Å². The molecule has 0 aromatic heterocycles. The number of aliphatic carboxylic acids is 1. The Morgan fingerprint density at radius 2 is 1.65 bits per heavy atom. The molecule has 4 N–H and O–H groups in total. The zero-order valence-electron chi connectivity index (χ0n) is 12.9. The first-order valence-electron chi connectivity index (χ1n) is 7.75. The van der Waals surface area contributed by atoms with Crippen molar-refractivity contribution in [3.05, 3.63) is 0 Å². The van der Waals surface area contributed by atoms with Crippen LogP contribution in [0.3, 0.4) is 0 Å². The van der Waals surface area contributed by atoms with E-state index in [2.05, 4.69) is 5.32 Å². The lowest BCUT2D eigenvalue weighted by Crippen LogP contribution is -2.53. The fourth-order valence-corrected chi connectivity index (χ4v) is 3.21. The molecule has 2 heterocycles. The highest BCUT2D eigenvalue weighted by atomic mass is 16.4. The molecule has 128 valence electrons. The van der Waals surface area contributed by atoms with Crippen LogP contribution in [0.5, 0.6) is 0 Å². The number of nitrogens with zero attached hydrogens (tertiary/aromatic N) is 2. The normalized spacial score (nSPS) is 23.9. The van der Waals surface area contributed by atoms with Gasteiger partial charge in [-0.2, -0.15) is 0 Å². The van der Waals surface area contributed by atoms with Crippen molar-refractivity contribution in [3.8, 4) is 0 Å². The molecule has 0 aromatic rings. The number of hydrogen-bond donors (Lipinski definition) is 3. The molecule has 0 bridgehead atoms. The van der Waals surface area contributed by atoms with Gasteiger partial charge in [-0.05, 0) is 25.7 Å². The SMILES string of the molecule is NCC(=O)N1CCC[C@H]1C(=O)N1CCC[C@H]1C(=O)NCC(=O)O. The van der Waals surface area contributed by atoms with Crippen LogP contribution in [0.2, 0.25) is 0 Å². The highest BCUT2D eigenvalue weighted by molar-refractivity contribution is 5.93. The molecule has 2 fully saturated rings. The van der Waals surface area contributed by atoms with E-state index < -0.39 is 30.5 Å². The number of carboxylic acid groups (broad SMARTS) is 1. The molecule has 0 aromatic carbocycles. The Morgan fingerprint density at radius 1 is 1.04 bits per heavy atom. The maximum atomic E-state index is 12.7. The number of nitrogens with one attached hydrogen (secondary N) is 1. The predicted molar refractivity (Wildman–Crippen MR) is 79.2 cm³/mol. The van der Waals surface area contributed by atoms with Crippen LogP contribution in [0, 0.1) is 0 Å². The first-order chi connectivity index (χ1) is 11.0. The number of hydrogen-bond acceptors (Lipinski definition) is 5. The van der Waals surface area contributed by atoms with E-state index in [1.807, 2.05) is 0 Å². The lowest BCUT2D eigenvalue weighted by molar-refractivity contribution is -0.146. The van der Waals surface area contributed by atoms with Crippen molar-refractivity contribution in [3.63, 3.8) is 0 Å². The van der Waals surface area contributed by atoms with Crippen molar-refractivity contribution in [1.82, 2.24) is 15.1 Å². The zero-order valence-corrected chi connectivity index (χ0v) is 12.9. The topological polar surface area (TPSA) is 133 Å². The molecule has 23 heavy (non-hydrogen) atoms. The summed E-state index contributed by atoms with van der Waals surface area (Å²) in [4.78, 5) is 50.1. The molecule has 0 radical (unpaired) electrons. The Morgan fingerprint density at radius 3 is 2.26 bits per heavy atom. The smallest absolute Gasteiger partial charge is 0.322 e. The predicted octanol–water partition coefficient (Wildman–Crippen LogP) is -1.87. The highest BCUT2D eigenvalue weighted by Crippen LogP contribution is 2.24. The van der Waals surface area contributed by atoms with E-state index in [4.69, 9.17) is 10.8 Å². The second kappa shape index (κ2) is 7.40. The summed E-state index contributed by atoms with van der Waals surface area (Å²) in [5.41, 5.74) is 5.38. The van der Waals surface area contributed by atoms with E-state index in [0.717, 1.165) is 6.42 Å². The van der Waals surface area contributed by atoms with Crippen molar-refractivity contribution < 1.29 is 24.3 Å². The maximum absolute atomic E-state index is 12.7. The molecule has 9 nitrogen and oxygen atoms in total. The minimum absolute atomic E-state index is 0.147. The fraction of sp³-hybridized carbons (Fsp3) is 0.714. The summed E-state index contributed by atoms with van der Waals surface area (Å²) in [6, 6.07) is -1.24. The molecule has 9 heteroatoms. The van der Waals surface area contributed by atoms with Crippen LogP contribution >= 0.6 is 0 Å². The number of carboxylic acids is 1. The van der Waals surface area contributed by atoms with E-state index in [0.29, 0.717) is 32.4 Å². The largest absolute Gasteiger partial charge is 0.480 e. The van der Waals surface area contributed by atoms with E-state index in [9.17, 15) is 19.2 Å². The molecule has 2 atom stereocenters. The van der Waals surface area contributed by atoms with Crippen LogP contribution in [0.25, 0.3) is 0 Å². The van der Waals surface area contributed by atoms with Gasteiger partial charge >= 0.3 is 5.97 Å². The molecular formula is C14H22N4O5. The van der Waals surface area contributed by atoms with Crippen LogP contribution in [0.4, 0.5) is 0 Å². The second-order valence-electron chi connectivity index (χ2n) is 5.75. The summed E-state index contributed by atoms with van der Waals surface area (Å²) in [5.74, 6) is -2.12. The monoisotopic (exact) mass is 326 g/mol. The van der Waals surface area contributed by atoms with Gasteiger partial charge in [0, 0.05) is 13.1 Å². The highest BCUT2D eigenvalue weighted by Gasteiger charge is 2.41. The average molecular weight is 326 g/mol. The number of rotatable bonds is 5. The minimum Gasteiger partial charge on any atom is -0.480 e. The van der Waals surface area contributed by atoms with Crippen molar-refractivity contribution in [1.29, 1.82) is 0 Å². The number of nitrogens with two attached hydrogens (primary N) is 1. The quantitative estimate of drug-likeness (QED) is 0.542. The van der Waals surface area contributed by atoms with Gasteiger partial charge in [0.05, 0.1) is 6.54 Å². The number of carbonyl (C=O) groups excluding carboxylic acids is 3. The van der Waals surface area contributed by atoms with Gasteiger partial charge in [0.2, 0.25) is 17.7 Å². The van der Waals surface area contributed by atoms with E-state index >= 15 is 0 Å². The van der Waals surface area contributed by atoms with Gasteiger partial charge < -0.3 is 26.0 Å². The molecular weight excluding hydrogens is 304 g/mol. The first-order valence-corrected chi connectivity index (χ1v) is 7.75. The maximum Gasteiger partial charge on any atom is 0.322 e. The summed E-state index contributed by atoms with van der Waals surface area (Å²) in [5, 5.41) is 10.9. The Balaban J connectivity index is 2.04. The summed E-state index contributed by atoms with van der Waals surface area (Å²) in [7, 11) is 0. The van der Waals surface area contributed by atoms with Crippen LogP contribution < -0.4 is 11.1 Å². The third-order valence-electron chi connectivity index (χ3n) is 4.29. The van der Waals surface area contributed by atoms with E-state index in [1.54, 1.807) is 0 Å². The van der Waals surface area contributed by atoms with Gasteiger partial charge in [-0.1, -0.05) is 0 Å². The summed E-state index contributed by atoms with van der Waals surface area (Å²) in [6.07, 6.45) is 2.46. The summed E-state index contributed by atoms with van der Waals surface area (Å²) < 4.78 is 0. The molecule has 0 spiro atoms. The molecule has 2 aliphatic heterocycles. The minimum atomic E-state index is -1.13. The van der Waals surface area contributed by atoms with Crippen LogP contribution in [0.1, 0.15) is 25.7 Å². The molecule has 0 saturated carbocycles. The van der Waals surface area contributed by atoms with Crippen LogP contribution in [-0.4, -0.2) is 76.9 Å². The van der Waals surface area contributed by atoms with Gasteiger partial charge in [-0.15, -0.1) is 0 Å². The standard InChI is InChI=1S/C14H22N4O5/c15-7-11(19)17-5-2-4-10(17)14(23)18-6-1-3-9(18)13(22)16-8-12(20)21/h9-10H,1-8,15H2,(H,16,22)(H,20,21)/t9-,10-/m0/s1. The lowest BCUT2D eigenvalue weighted by Gasteiger charge is -2.30. The Labute approximate surface area is 133 Å². The third-order valence-corrected chi connectivity index (χ3v) is 4.29. The zero-order chi connectivity index (χ0) is 17.0. The van der Waals surface area contributed by atoms with E-state index in [-0.39, 0.29) is 18.4 Å². The van der Waals surface area contributed by atoms with Crippen molar-refractivity contribution in [2.24, 2.45) is 5.73 Å². The van der Waals surface area contributed by atoms with Crippen molar-refractivity contribution in [2.75, 3.05) is 26.2 Å². The Hall–Kier alpha value is -2.16. The summed E-state index contributed by atoms with van der Waals surface area (Å²) in [6.45, 7) is 0.312. The number of amides is 3. The van der Waals surface area contributed by atoms with E-state index in [1.165, 1.54) is 9.80 Å². The first kappa shape index (κ1) is 17.2. The molecule has 2 aliphatic rings. The molecule has 0 unspecified atom stereocenters. The van der Waals surface area contributed by atoms with Crippen molar-refractivity contribution >= 4 is 23.7 Å². The van der Waals surface area contributed by atoms with Gasteiger partial charge in [0.15, 0.2) is 0 Å². The number of likely N-dealkylation sites (tertiary alicyclic amines) is 2. The molecule has 3 amide bonds.